The van der Waals surface area contributed by atoms with Gasteiger partial charge >= 0.3 is 11.9 Å². The monoisotopic (exact) mass is 388 g/mol. The van der Waals surface area contributed by atoms with E-state index >= 15 is 0 Å². The lowest BCUT2D eigenvalue weighted by Crippen LogP contribution is -2.07. The molecule has 0 amide bonds. The summed E-state index contributed by atoms with van der Waals surface area (Å²) in [5.41, 5.74) is 1.11. The second kappa shape index (κ2) is 17.0. The summed E-state index contributed by atoms with van der Waals surface area (Å²) in [5, 5.41) is 0. The van der Waals surface area contributed by atoms with E-state index in [2.05, 4.69) is 6.92 Å². The van der Waals surface area contributed by atoms with Gasteiger partial charge in [-0.3, -0.25) is 0 Å². The Morgan fingerprint density at radius 2 is 1.21 bits per heavy atom. The quantitative estimate of drug-likeness (QED) is 0.204. The molecule has 0 aliphatic carbocycles. The average molecular weight is 389 g/mol. The van der Waals surface area contributed by atoms with Crippen molar-refractivity contribution in [3.8, 4) is 0 Å². The Balaban J connectivity index is 1.94. The van der Waals surface area contributed by atoms with Crippen LogP contribution in [0.1, 0.15) is 76.7 Å². The third-order valence-corrected chi connectivity index (χ3v) is 4.58. The van der Waals surface area contributed by atoms with Crippen LogP contribution in [-0.4, -0.2) is 25.2 Å². The number of rotatable bonds is 16. The van der Waals surface area contributed by atoms with Crippen LogP contribution < -0.4 is 0 Å². The van der Waals surface area contributed by atoms with Gasteiger partial charge in [0, 0.05) is 18.6 Å². The SMILES string of the molecule is CCCCCCCCCCCCOC(=O)/C=C/C(=O)OCCc1ccccc1. The van der Waals surface area contributed by atoms with Crippen molar-refractivity contribution in [2.75, 3.05) is 13.2 Å². The van der Waals surface area contributed by atoms with Crippen molar-refractivity contribution in [3.05, 3.63) is 48.0 Å². The van der Waals surface area contributed by atoms with E-state index in [-0.39, 0.29) is 0 Å². The highest BCUT2D eigenvalue weighted by Gasteiger charge is 2.02. The molecule has 0 heterocycles. The Morgan fingerprint density at radius 1 is 0.714 bits per heavy atom. The summed E-state index contributed by atoms with van der Waals surface area (Å²) in [4.78, 5) is 23.2. The van der Waals surface area contributed by atoms with Gasteiger partial charge in [0.1, 0.15) is 0 Å². The topological polar surface area (TPSA) is 52.6 Å². The molecule has 0 N–H and O–H groups in total. The van der Waals surface area contributed by atoms with Crippen molar-refractivity contribution < 1.29 is 19.1 Å². The minimum absolute atomic E-state index is 0.292. The molecule has 0 aliphatic heterocycles. The molecule has 1 rings (SSSR count). The van der Waals surface area contributed by atoms with Crippen LogP contribution in [0.2, 0.25) is 0 Å². The van der Waals surface area contributed by atoms with Gasteiger partial charge in [-0.15, -0.1) is 0 Å². The summed E-state index contributed by atoms with van der Waals surface area (Å²) in [6.07, 6.45) is 15.3. The molecule has 0 unspecified atom stereocenters. The minimum Gasteiger partial charge on any atom is -0.463 e. The van der Waals surface area contributed by atoms with Crippen LogP contribution in [0.25, 0.3) is 0 Å². The molecule has 0 saturated heterocycles. The highest BCUT2D eigenvalue weighted by atomic mass is 16.5. The Labute approximate surface area is 170 Å². The summed E-state index contributed by atoms with van der Waals surface area (Å²) in [5.74, 6) is -1.01. The van der Waals surface area contributed by atoms with Crippen molar-refractivity contribution in [3.63, 3.8) is 0 Å². The second-order valence-electron chi connectivity index (χ2n) is 7.09. The summed E-state index contributed by atoms with van der Waals surface area (Å²) in [6.45, 7) is 2.94. The first-order chi connectivity index (χ1) is 13.7. The molecular weight excluding hydrogens is 352 g/mol. The molecule has 1 aromatic carbocycles. The van der Waals surface area contributed by atoms with E-state index in [1.165, 1.54) is 51.4 Å². The van der Waals surface area contributed by atoms with Crippen molar-refractivity contribution in [2.24, 2.45) is 0 Å². The zero-order valence-electron chi connectivity index (χ0n) is 17.4. The maximum Gasteiger partial charge on any atom is 0.331 e. The number of carbonyl (C=O) groups is 2. The third kappa shape index (κ3) is 14.0. The van der Waals surface area contributed by atoms with Gasteiger partial charge in [0.25, 0.3) is 0 Å². The zero-order chi connectivity index (χ0) is 20.3. The predicted octanol–water partition coefficient (Wildman–Crippen LogP) is 5.79. The number of carbonyl (C=O) groups excluding carboxylic acids is 2. The summed E-state index contributed by atoms with van der Waals surface area (Å²) < 4.78 is 10.2. The van der Waals surface area contributed by atoms with Crippen LogP contribution in [0, 0.1) is 0 Å². The fourth-order valence-corrected chi connectivity index (χ4v) is 2.91. The summed E-state index contributed by atoms with van der Waals surface area (Å²) in [6, 6.07) is 9.80. The smallest absolute Gasteiger partial charge is 0.331 e. The van der Waals surface area contributed by atoms with Crippen molar-refractivity contribution in [2.45, 2.75) is 77.6 Å². The molecule has 0 aliphatic rings. The summed E-state index contributed by atoms with van der Waals surface area (Å²) >= 11 is 0. The molecule has 0 atom stereocenters. The van der Waals surface area contributed by atoms with Gasteiger partial charge in [0.2, 0.25) is 0 Å². The Bertz CT molecular complexity index is 551. The maximum absolute atomic E-state index is 11.6. The van der Waals surface area contributed by atoms with Crippen LogP contribution in [0.15, 0.2) is 42.5 Å². The number of hydrogen-bond donors (Lipinski definition) is 0. The Kier molecular flexibility index (Phi) is 14.6. The molecule has 0 bridgehead atoms. The first kappa shape index (κ1) is 23.9. The molecule has 0 fully saturated rings. The van der Waals surface area contributed by atoms with Crippen LogP contribution in [0.4, 0.5) is 0 Å². The molecule has 0 radical (unpaired) electrons. The van der Waals surface area contributed by atoms with E-state index in [1.54, 1.807) is 0 Å². The fraction of sp³-hybridized carbons (Fsp3) is 0.583. The van der Waals surface area contributed by atoms with Crippen LogP contribution in [0.5, 0.6) is 0 Å². The van der Waals surface area contributed by atoms with Crippen LogP contribution >= 0.6 is 0 Å². The standard InChI is InChI=1S/C24H36O4/c1-2-3-4-5-6-7-8-9-10-14-20-27-23(25)17-18-24(26)28-21-19-22-15-12-11-13-16-22/h11-13,15-18H,2-10,14,19-21H2,1H3/b18-17+. The van der Waals surface area contributed by atoms with Gasteiger partial charge in [-0.25, -0.2) is 9.59 Å². The van der Waals surface area contributed by atoms with E-state index in [1.807, 2.05) is 30.3 Å². The molecule has 0 aromatic heterocycles. The van der Waals surface area contributed by atoms with Gasteiger partial charge in [0.05, 0.1) is 13.2 Å². The van der Waals surface area contributed by atoms with Gasteiger partial charge in [-0.1, -0.05) is 95.0 Å². The van der Waals surface area contributed by atoms with E-state index in [0.717, 1.165) is 30.6 Å². The van der Waals surface area contributed by atoms with E-state index in [4.69, 9.17) is 9.47 Å². The highest BCUT2D eigenvalue weighted by Crippen LogP contribution is 2.10. The van der Waals surface area contributed by atoms with E-state index < -0.39 is 11.9 Å². The highest BCUT2D eigenvalue weighted by molar-refractivity contribution is 5.91. The number of benzene rings is 1. The molecule has 0 spiro atoms. The Morgan fingerprint density at radius 3 is 1.79 bits per heavy atom. The average Bonchev–Trinajstić information content (AvgIpc) is 2.71. The van der Waals surface area contributed by atoms with E-state index in [0.29, 0.717) is 19.6 Å². The second-order valence-corrected chi connectivity index (χ2v) is 7.09. The van der Waals surface area contributed by atoms with Crippen LogP contribution in [-0.2, 0) is 25.5 Å². The summed E-state index contributed by atoms with van der Waals surface area (Å²) in [7, 11) is 0. The number of esters is 2. The molecule has 1 aromatic rings. The first-order valence-electron chi connectivity index (χ1n) is 10.8. The van der Waals surface area contributed by atoms with Gasteiger partial charge in [-0.05, 0) is 12.0 Å². The van der Waals surface area contributed by atoms with E-state index in [9.17, 15) is 9.59 Å². The van der Waals surface area contributed by atoms with Gasteiger partial charge < -0.3 is 9.47 Å². The number of ether oxygens (including phenoxy) is 2. The third-order valence-electron chi connectivity index (χ3n) is 4.58. The molecule has 0 saturated carbocycles. The lowest BCUT2D eigenvalue weighted by atomic mass is 10.1. The van der Waals surface area contributed by atoms with Crippen molar-refractivity contribution in [1.82, 2.24) is 0 Å². The molecule has 4 heteroatoms. The number of unbranched alkanes of at least 4 members (excludes halogenated alkanes) is 9. The number of hydrogen-bond acceptors (Lipinski definition) is 4. The maximum atomic E-state index is 11.6. The molecular formula is C24H36O4. The lowest BCUT2D eigenvalue weighted by Gasteiger charge is -2.04. The first-order valence-corrected chi connectivity index (χ1v) is 10.8. The van der Waals surface area contributed by atoms with Crippen molar-refractivity contribution in [1.29, 1.82) is 0 Å². The van der Waals surface area contributed by atoms with Crippen molar-refractivity contribution >= 4 is 11.9 Å². The molecule has 4 nitrogen and oxygen atoms in total. The fourth-order valence-electron chi connectivity index (χ4n) is 2.91. The zero-order valence-corrected chi connectivity index (χ0v) is 17.4. The van der Waals surface area contributed by atoms with Gasteiger partial charge in [0.15, 0.2) is 0 Å². The lowest BCUT2D eigenvalue weighted by molar-refractivity contribution is -0.140. The van der Waals surface area contributed by atoms with Crippen LogP contribution in [0.3, 0.4) is 0 Å². The normalized spacial score (nSPS) is 10.9. The molecule has 156 valence electrons. The Hall–Kier alpha value is -2.10. The largest absolute Gasteiger partial charge is 0.463 e. The van der Waals surface area contributed by atoms with Gasteiger partial charge in [-0.2, -0.15) is 0 Å². The molecule has 28 heavy (non-hydrogen) atoms. The predicted molar refractivity (Wildman–Crippen MR) is 113 cm³/mol. The minimum atomic E-state index is -0.521.